The van der Waals surface area contributed by atoms with E-state index in [4.69, 9.17) is 37.9 Å². The fourth-order valence-corrected chi connectivity index (χ4v) is 9.96. The Hall–Kier alpha value is -3.26. The summed E-state index contributed by atoms with van der Waals surface area (Å²) in [6, 6.07) is 0. The Labute approximate surface area is 415 Å². The summed E-state index contributed by atoms with van der Waals surface area (Å²) >= 11 is 0. The summed E-state index contributed by atoms with van der Waals surface area (Å²) in [6.07, 6.45) is 26.8. The number of carbonyl (C=O) groups excluding carboxylic acids is 6. The topological polar surface area (TPSA) is 176 Å². The Morgan fingerprint density at radius 3 is 1.30 bits per heavy atom. The summed E-state index contributed by atoms with van der Waals surface area (Å²) < 4.78 is 45.3. The molecule has 0 bridgehead atoms. The van der Waals surface area contributed by atoms with Crippen molar-refractivity contribution in [3.8, 4) is 0 Å². The highest BCUT2D eigenvalue weighted by Gasteiger charge is 2.53. The molecule has 69 heavy (non-hydrogen) atoms. The van der Waals surface area contributed by atoms with E-state index < -0.39 is 79.2 Å². The Balaban J connectivity index is 1.49. The zero-order valence-electron chi connectivity index (χ0n) is 43.8. The van der Waals surface area contributed by atoms with Crippen LogP contribution in [0.4, 0.5) is 0 Å². The molecule has 14 heteroatoms. The van der Waals surface area contributed by atoms with E-state index in [1.807, 2.05) is 0 Å². The molecule has 10 atom stereocenters. The molecule has 3 fully saturated rings. The Morgan fingerprint density at radius 1 is 0.449 bits per heavy atom. The van der Waals surface area contributed by atoms with E-state index in [2.05, 4.69) is 13.8 Å². The van der Waals surface area contributed by atoms with Gasteiger partial charge in [-0.05, 0) is 49.4 Å². The molecule has 0 radical (unpaired) electrons. The van der Waals surface area contributed by atoms with E-state index in [9.17, 15) is 28.8 Å². The zero-order chi connectivity index (χ0) is 50.2. The van der Waals surface area contributed by atoms with Crippen LogP contribution in [0.3, 0.4) is 0 Å². The number of ether oxygens (including phenoxy) is 8. The van der Waals surface area contributed by atoms with Crippen molar-refractivity contribution in [1.82, 2.24) is 0 Å². The molecule has 0 aromatic rings. The molecule has 398 valence electrons. The molecular formula is C55H94O14. The SMILES string of the molecule is CCCCCCCCC1CC1CCCCCCCC(=O)OC[C@H](CO[C@@H]1O[C@H](COC(C)=O)[C@@H](OC(C)=O)[C@H](OC(C)=O)[C@H]1OC(C)=O)OC(=O)CCCCCCCC1CC1CCCCCCCC. The van der Waals surface area contributed by atoms with Gasteiger partial charge in [0.2, 0.25) is 0 Å². The first-order valence-corrected chi connectivity index (χ1v) is 27.6. The van der Waals surface area contributed by atoms with Gasteiger partial charge in [-0.2, -0.15) is 0 Å². The summed E-state index contributed by atoms with van der Waals surface area (Å²) in [5.74, 6) is -0.191. The normalized spacial score (nSPS) is 24.2. The van der Waals surface area contributed by atoms with Gasteiger partial charge in [-0.15, -0.1) is 0 Å². The summed E-state index contributed by atoms with van der Waals surface area (Å²) in [5.41, 5.74) is 0. The quantitative estimate of drug-likeness (QED) is 0.0321. The molecule has 1 saturated heterocycles. The maximum Gasteiger partial charge on any atom is 0.306 e. The van der Waals surface area contributed by atoms with Crippen molar-refractivity contribution in [2.75, 3.05) is 19.8 Å². The lowest BCUT2D eigenvalue weighted by Crippen LogP contribution is -2.63. The van der Waals surface area contributed by atoms with Gasteiger partial charge in [0.15, 0.2) is 30.7 Å². The Bertz CT molecular complexity index is 1470. The number of rotatable bonds is 41. The van der Waals surface area contributed by atoms with E-state index in [0.29, 0.717) is 12.8 Å². The van der Waals surface area contributed by atoms with Crippen LogP contribution in [0.1, 0.15) is 234 Å². The number of hydrogen-bond acceptors (Lipinski definition) is 14. The van der Waals surface area contributed by atoms with E-state index in [0.717, 1.165) is 83.0 Å². The van der Waals surface area contributed by atoms with E-state index in [1.54, 1.807) is 0 Å². The second kappa shape index (κ2) is 35.8. The lowest BCUT2D eigenvalue weighted by atomic mass is 9.98. The number of esters is 6. The second-order valence-electron chi connectivity index (χ2n) is 20.4. The molecular weight excluding hydrogens is 885 g/mol. The fraction of sp³-hybridized carbons (Fsp3) is 0.891. The van der Waals surface area contributed by atoms with Crippen LogP contribution in [0.5, 0.6) is 0 Å². The van der Waals surface area contributed by atoms with E-state index in [1.165, 1.54) is 135 Å². The smallest absolute Gasteiger partial charge is 0.306 e. The van der Waals surface area contributed by atoms with Crippen LogP contribution in [0.25, 0.3) is 0 Å². The second-order valence-corrected chi connectivity index (χ2v) is 20.4. The molecule has 3 aliphatic rings. The molecule has 0 amide bonds. The van der Waals surface area contributed by atoms with Crippen molar-refractivity contribution in [3.05, 3.63) is 0 Å². The Kier molecular flexibility index (Phi) is 31.1. The molecule has 4 unspecified atom stereocenters. The summed E-state index contributed by atoms with van der Waals surface area (Å²) in [7, 11) is 0. The van der Waals surface area contributed by atoms with Crippen LogP contribution in [0.15, 0.2) is 0 Å². The van der Waals surface area contributed by atoms with Gasteiger partial charge in [0.05, 0.1) is 6.61 Å². The largest absolute Gasteiger partial charge is 0.463 e. The molecule has 0 aromatic carbocycles. The zero-order valence-corrected chi connectivity index (χ0v) is 43.8. The molecule has 0 N–H and O–H groups in total. The van der Waals surface area contributed by atoms with Crippen LogP contribution in [-0.4, -0.2) is 92.4 Å². The van der Waals surface area contributed by atoms with Crippen LogP contribution < -0.4 is 0 Å². The van der Waals surface area contributed by atoms with Crippen molar-refractivity contribution in [3.63, 3.8) is 0 Å². The highest BCUT2D eigenvalue weighted by molar-refractivity contribution is 5.70. The first-order valence-electron chi connectivity index (χ1n) is 27.6. The monoisotopic (exact) mass is 979 g/mol. The lowest BCUT2D eigenvalue weighted by molar-refractivity contribution is -0.311. The van der Waals surface area contributed by atoms with Gasteiger partial charge in [-0.3, -0.25) is 28.8 Å². The van der Waals surface area contributed by atoms with Crippen molar-refractivity contribution >= 4 is 35.8 Å². The van der Waals surface area contributed by atoms with Crippen LogP contribution in [0, 0.1) is 23.7 Å². The van der Waals surface area contributed by atoms with Crippen molar-refractivity contribution in [2.45, 2.75) is 271 Å². The van der Waals surface area contributed by atoms with Crippen LogP contribution in [0.2, 0.25) is 0 Å². The predicted octanol–water partition coefficient (Wildman–Crippen LogP) is 11.8. The fourth-order valence-electron chi connectivity index (χ4n) is 9.96. The van der Waals surface area contributed by atoms with Gasteiger partial charge in [-0.25, -0.2) is 0 Å². The van der Waals surface area contributed by atoms with E-state index in [-0.39, 0.29) is 26.1 Å². The summed E-state index contributed by atoms with van der Waals surface area (Å²) in [6.45, 7) is 8.03. The van der Waals surface area contributed by atoms with Crippen molar-refractivity contribution in [2.24, 2.45) is 23.7 Å². The number of carbonyl (C=O) groups is 6. The molecule has 1 heterocycles. The molecule has 2 aliphatic carbocycles. The first-order chi connectivity index (χ1) is 33.3. The van der Waals surface area contributed by atoms with Crippen LogP contribution in [-0.2, 0) is 66.7 Å². The average molecular weight is 979 g/mol. The minimum atomic E-state index is -1.48. The lowest BCUT2D eigenvalue weighted by Gasteiger charge is -2.44. The van der Waals surface area contributed by atoms with Gasteiger partial charge in [-0.1, -0.05) is 168 Å². The summed E-state index contributed by atoms with van der Waals surface area (Å²) in [4.78, 5) is 74.9. The molecule has 0 aromatic heterocycles. The van der Waals surface area contributed by atoms with Crippen LogP contribution >= 0.6 is 0 Å². The standard InChI is InChI=1S/C55H94O14/c1-7-9-11-13-17-23-29-44-35-46(44)31-25-19-15-21-27-33-50(60)63-37-48(68-51(61)34-28-22-16-20-26-32-47-36-45(47)30-24-18-14-12-10-8-2)38-64-55-54(67-43(6)59)53(66-42(5)58)52(65-41(4)57)49(69-55)39-62-40(3)56/h44-49,52-55H,7-39H2,1-6H3/t44?,45?,46?,47?,48-,49-,52-,53+,54-,55-/m1/s1. The molecule has 0 spiro atoms. The molecule has 2 saturated carbocycles. The molecule has 14 nitrogen and oxygen atoms in total. The molecule has 3 rings (SSSR count). The Morgan fingerprint density at radius 2 is 0.855 bits per heavy atom. The van der Waals surface area contributed by atoms with Gasteiger partial charge >= 0.3 is 35.8 Å². The third kappa shape index (κ3) is 27.8. The van der Waals surface area contributed by atoms with Crippen molar-refractivity contribution < 1.29 is 66.7 Å². The van der Waals surface area contributed by atoms with Gasteiger partial charge in [0, 0.05) is 40.5 Å². The van der Waals surface area contributed by atoms with Gasteiger partial charge < -0.3 is 37.9 Å². The van der Waals surface area contributed by atoms with Crippen molar-refractivity contribution in [1.29, 1.82) is 0 Å². The highest BCUT2D eigenvalue weighted by Crippen LogP contribution is 2.46. The minimum absolute atomic E-state index is 0.174. The third-order valence-corrected chi connectivity index (χ3v) is 14.0. The van der Waals surface area contributed by atoms with E-state index >= 15 is 0 Å². The maximum absolute atomic E-state index is 13.2. The molecule has 1 aliphatic heterocycles. The number of unbranched alkanes of at least 4 members (excludes halogenated alkanes) is 18. The average Bonchev–Trinajstić information content (AvgIpc) is 4.23. The highest BCUT2D eigenvalue weighted by atomic mass is 16.7. The van der Waals surface area contributed by atoms with Gasteiger partial charge in [0.25, 0.3) is 0 Å². The third-order valence-electron chi connectivity index (χ3n) is 14.0. The first kappa shape index (κ1) is 60.0. The summed E-state index contributed by atoms with van der Waals surface area (Å²) in [5, 5.41) is 0. The number of hydrogen-bond donors (Lipinski definition) is 0. The maximum atomic E-state index is 13.2. The minimum Gasteiger partial charge on any atom is -0.463 e. The van der Waals surface area contributed by atoms with Gasteiger partial charge in [0.1, 0.15) is 19.3 Å². The predicted molar refractivity (Wildman–Crippen MR) is 263 cm³/mol.